The van der Waals surface area contributed by atoms with Crippen LogP contribution in [0.15, 0.2) is 0 Å². The summed E-state index contributed by atoms with van der Waals surface area (Å²) in [5.74, 6) is 0. The van der Waals surface area contributed by atoms with E-state index in [1.165, 1.54) is 0 Å². The molecule has 6 fully saturated rings. The summed E-state index contributed by atoms with van der Waals surface area (Å²) in [6.07, 6.45) is -57.0. The summed E-state index contributed by atoms with van der Waals surface area (Å²) < 4.78 is 60.8. The second-order valence-corrected chi connectivity index (χ2v) is 16.8. The number of aliphatic hydroxyl groups excluding tert-OH is 20. The number of ether oxygens (including phenoxy) is 11. The van der Waals surface area contributed by atoms with Crippen LogP contribution >= 0.6 is 0 Å². The molecule has 0 bridgehead atoms. The van der Waals surface area contributed by atoms with Crippen LogP contribution < -0.4 is 0 Å². The van der Waals surface area contributed by atoms with Crippen LogP contribution in [0.2, 0.25) is 0 Å². The van der Waals surface area contributed by atoms with E-state index in [2.05, 4.69) is 0 Å². The Bertz CT molecular complexity index is 1500. The quantitative estimate of drug-likeness (QED) is 0.0683. The Hall–Kier alpha value is -1.24. The van der Waals surface area contributed by atoms with E-state index in [9.17, 15) is 102 Å². The molecule has 6 rings (SSSR count). The maximum atomic E-state index is 11.5. The van der Waals surface area contributed by atoms with E-state index in [-0.39, 0.29) is 0 Å². The van der Waals surface area contributed by atoms with Crippen molar-refractivity contribution >= 4 is 0 Å². The van der Waals surface area contributed by atoms with Crippen LogP contribution in [0.5, 0.6) is 0 Å². The molecular formula is C36H62O31. The first-order valence-corrected chi connectivity index (χ1v) is 21.1. The lowest BCUT2D eigenvalue weighted by atomic mass is 9.95. The summed E-state index contributed by atoms with van der Waals surface area (Å²) >= 11 is 0. The normalized spacial score (nSPS) is 53.4. The summed E-state index contributed by atoms with van der Waals surface area (Å²) in [6, 6.07) is 0. The lowest BCUT2D eigenvalue weighted by molar-refractivity contribution is -0.392. The number of aliphatic hydroxyl groups is 20. The molecule has 0 aromatic rings. The first kappa shape index (κ1) is 55.1. The van der Waals surface area contributed by atoms with E-state index in [4.69, 9.17) is 52.1 Å². The van der Waals surface area contributed by atoms with Crippen molar-refractivity contribution in [1.82, 2.24) is 0 Å². The fourth-order valence-electron chi connectivity index (χ4n) is 8.31. The van der Waals surface area contributed by atoms with Crippen LogP contribution in [-0.4, -0.2) is 326 Å². The predicted octanol–water partition coefficient (Wildman–Crippen LogP) is -14.1. The molecular weight excluding hydrogens is 928 g/mol. The van der Waals surface area contributed by atoms with E-state index in [1.54, 1.807) is 0 Å². The average molecular weight is 991 g/mol. The van der Waals surface area contributed by atoms with Crippen LogP contribution in [0.4, 0.5) is 0 Å². The maximum Gasteiger partial charge on any atom is 0.187 e. The molecule has 0 radical (unpaired) electrons. The SMILES string of the molecule is OC[C@H]1O[C@H](OC[C@H]2O[C@H](O[C@H]3[C@H](O)[C@@H](O)[C@@H](O[C@H]4[C@H](O)[C@@H](O)[C@@H](O[C@H]5[C@H](O)[C@@H](O)[C@@H](O)O[C@@H]5CO)O[C@@H]4CO[C@H]4O[C@H](CO)[C@@H](O)[C@H](O)[C@H]4O)O[C@@H]3CO)[C@H](O)[C@@H](O)[C@@H]2O)[C@H](O)[C@@H](O)[C@@H]1O. The molecule has 392 valence electrons. The first-order valence-electron chi connectivity index (χ1n) is 21.1. The Kier molecular flexibility index (Phi) is 19.4. The largest absolute Gasteiger partial charge is 0.394 e. The topological polar surface area (TPSA) is 506 Å². The van der Waals surface area contributed by atoms with Gasteiger partial charge in [0.05, 0.1) is 39.6 Å². The Morgan fingerprint density at radius 2 is 0.537 bits per heavy atom. The number of rotatable bonds is 16. The Morgan fingerprint density at radius 1 is 0.254 bits per heavy atom. The highest BCUT2D eigenvalue weighted by atomic mass is 16.8. The second kappa shape index (κ2) is 23.5. The molecule has 0 aromatic carbocycles. The first-order chi connectivity index (χ1) is 31.7. The molecule has 31 nitrogen and oxygen atoms in total. The molecule has 0 aliphatic carbocycles. The van der Waals surface area contributed by atoms with Gasteiger partial charge in [-0.15, -0.1) is 0 Å². The fraction of sp³-hybridized carbons (Fsp3) is 1.00. The molecule has 0 saturated carbocycles. The Morgan fingerprint density at radius 3 is 0.955 bits per heavy atom. The monoisotopic (exact) mass is 990 g/mol. The molecule has 31 heteroatoms. The Labute approximate surface area is 378 Å². The zero-order valence-electron chi connectivity index (χ0n) is 35.0. The lowest BCUT2D eigenvalue weighted by Gasteiger charge is -2.49. The minimum Gasteiger partial charge on any atom is -0.394 e. The van der Waals surface area contributed by atoms with Gasteiger partial charge in [0, 0.05) is 0 Å². The van der Waals surface area contributed by atoms with Crippen molar-refractivity contribution in [3.8, 4) is 0 Å². The molecule has 20 N–H and O–H groups in total. The van der Waals surface area contributed by atoms with Crippen molar-refractivity contribution in [1.29, 1.82) is 0 Å². The van der Waals surface area contributed by atoms with Crippen molar-refractivity contribution in [3.63, 3.8) is 0 Å². The molecule has 0 amide bonds. The Balaban J connectivity index is 1.16. The molecule has 30 atom stereocenters. The van der Waals surface area contributed by atoms with Crippen LogP contribution in [0.25, 0.3) is 0 Å². The smallest absolute Gasteiger partial charge is 0.187 e. The van der Waals surface area contributed by atoms with E-state index >= 15 is 0 Å². The van der Waals surface area contributed by atoms with Crippen LogP contribution in [0, 0.1) is 0 Å². The standard InChI is InChI=1S/C36H62O31/c37-1-7-13(41)16(44)23(51)32(60-7)57-5-11-15(43)18(46)25(53)34(63-11)66-29-10(4-40)62-35(26(54)20(29)48)67-30-12(6-58-33-24(52)17(45)14(42)8(2-38)61-33)64-36(27(55)21(30)49)65-28-9(3-39)59-31(56)22(50)19(28)47/h7-56H,1-6H2/t7-,8-,9-,10-,11-,12-,13-,14-,15-,16+,17+,18+,19-,20-,21-,22-,23-,24-,25-,26-,27-,28-,29-,30-,31+,32+,33+,34-,35-,36-/m1/s1. The van der Waals surface area contributed by atoms with Crippen molar-refractivity contribution < 1.29 is 154 Å². The minimum absolute atomic E-state index is 0.772. The highest BCUT2D eigenvalue weighted by Gasteiger charge is 2.56. The van der Waals surface area contributed by atoms with Gasteiger partial charge in [-0.1, -0.05) is 0 Å². The van der Waals surface area contributed by atoms with Crippen LogP contribution in [0.3, 0.4) is 0 Å². The van der Waals surface area contributed by atoms with Gasteiger partial charge in [-0.25, -0.2) is 0 Å². The van der Waals surface area contributed by atoms with Crippen molar-refractivity contribution in [3.05, 3.63) is 0 Å². The molecule has 0 unspecified atom stereocenters. The van der Waals surface area contributed by atoms with Crippen LogP contribution in [0.1, 0.15) is 0 Å². The summed E-state index contributed by atoms with van der Waals surface area (Å²) in [5.41, 5.74) is 0. The lowest BCUT2D eigenvalue weighted by Crippen LogP contribution is -2.67. The van der Waals surface area contributed by atoms with Gasteiger partial charge < -0.3 is 154 Å². The fourth-order valence-corrected chi connectivity index (χ4v) is 8.31. The van der Waals surface area contributed by atoms with E-state index in [0.717, 1.165) is 0 Å². The third-order valence-corrected chi connectivity index (χ3v) is 12.4. The summed E-state index contributed by atoms with van der Waals surface area (Å²) in [4.78, 5) is 0. The predicted molar refractivity (Wildman–Crippen MR) is 199 cm³/mol. The van der Waals surface area contributed by atoms with E-state index in [1.807, 2.05) is 0 Å². The molecule has 6 aliphatic heterocycles. The van der Waals surface area contributed by atoms with Crippen molar-refractivity contribution in [2.45, 2.75) is 184 Å². The van der Waals surface area contributed by atoms with Gasteiger partial charge in [-0.05, 0) is 0 Å². The molecule has 6 heterocycles. The minimum atomic E-state index is -2.24. The summed E-state index contributed by atoms with van der Waals surface area (Å²) in [6.45, 7) is -5.30. The third-order valence-electron chi connectivity index (χ3n) is 12.4. The molecule has 0 spiro atoms. The number of hydrogen-bond acceptors (Lipinski definition) is 31. The molecule has 0 aromatic heterocycles. The van der Waals surface area contributed by atoms with Gasteiger partial charge in [0.2, 0.25) is 0 Å². The van der Waals surface area contributed by atoms with Crippen molar-refractivity contribution in [2.75, 3.05) is 39.6 Å². The van der Waals surface area contributed by atoms with Crippen LogP contribution in [-0.2, 0) is 52.1 Å². The van der Waals surface area contributed by atoms with Gasteiger partial charge in [0.1, 0.15) is 146 Å². The van der Waals surface area contributed by atoms with Gasteiger partial charge in [-0.3, -0.25) is 0 Å². The molecule has 6 saturated heterocycles. The number of hydrogen-bond donors (Lipinski definition) is 20. The van der Waals surface area contributed by atoms with Gasteiger partial charge in [-0.2, -0.15) is 0 Å². The zero-order valence-corrected chi connectivity index (χ0v) is 35.0. The average Bonchev–Trinajstić information content (AvgIpc) is 3.31. The zero-order chi connectivity index (χ0) is 49.3. The summed E-state index contributed by atoms with van der Waals surface area (Å²) in [5, 5.41) is 209. The van der Waals surface area contributed by atoms with Gasteiger partial charge >= 0.3 is 0 Å². The molecule has 6 aliphatic rings. The molecule has 67 heavy (non-hydrogen) atoms. The third kappa shape index (κ3) is 11.5. The van der Waals surface area contributed by atoms with Gasteiger partial charge in [0.25, 0.3) is 0 Å². The van der Waals surface area contributed by atoms with E-state index < -0.39 is 224 Å². The highest BCUT2D eigenvalue weighted by molar-refractivity contribution is 4.99. The van der Waals surface area contributed by atoms with E-state index in [0.29, 0.717) is 0 Å². The summed E-state index contributed by atoms with van der Waals surface area (Å²) in [7, 11) is 0. The van der Waals surface area contributed by atoms with Crippen molar-refractivity contribution in [2.24, 2.45) is 0 Å². The second-order valence-electron chi connectivity index (χ2n) is 16.8. The van der Waals surface area contributed by atoms with Gasteiger partial charge in [0.15, 0.2) is 37.7 Å². The maximum absolute atomic E-state index is 11.5. The highest BCUT2D eigenvalue weighted by Crippen LogP contribution is 2.35.